The Morgan fingerprint density at radius 1 is 1.20 bits per heavy atom. The lowest BCUT2D eigenvalue weighted by molar-refractivity contribution is 0.876. The van der Waals surface area contributed by atoms with E-state index in [0.29, 0.717) is 10.0 Å². The van der Waals surface area contributed by atoms with E-state index in [0.717, 1.165) is 21.6 Å². The Balaban J connectivity index is 1.92. The van der Waals surface area contributed by atoms with E-state index in [2.05, 4.69) is 15.3 Å². The van der Waals surface area contributed by atoms with E-state index in [9.17, 15) is 0 Å². The van der Waals surface area contributed by atoms with Gasteiger partial charge in [-0.1, -0.05) is 29.3 Å². The first-order valence-corrected chi connectivity index (χ1v) is 7.68. The van der Waals surface area contributed by atoms with Gasteiger partial charge in [0.1, 0.15) is 17.0 Å². The molecule has 0 unspecified atom stereocenters. The topological polar surface area (TPSA) is 37.8 Å². The van der Waals surface area contributed by atoms with Crippen LogP contribution < -0.4 is 5.32 Å². The van der Waals surface area contributed by atoms with E-state index in [1.54, 1.807) is 23.7 Å². The van der Waals surface area contributed by atoms with Crippen LogP contribution in [0.3, 0.4) is 0 Å². The van der Waals surface area contributed by atoms with Crippen molar-refractivity contribution in [3.8, 4) is 0 Å². The second kappa shape index (κ2) is 5.56. The minimum absolute atomic E-state index is 0.0257. The summed E-state index contributed by atoms with van der Waals surface area (Å²) in [7, 11) is 0. The average molecular weight is 324 g/mol. The maximum Gasteiger partial charge on any atom is 0.138 e. The van der Waals surface area contributed by atoms with Crippen LogP contribution in [0.1, 0.15) is 18.5 Å². The Hall–Kier alpha value is -1.36. The summed E-state index contributed by atoms with van der Waals surface area (Å²) in [5.74, 6) is 0.815. The molecule has 3 nitrogen and oxygen atoms in total. The van der Waals surface area contributed by atoms with Gasteiger partial charge < -0.3 is 5.32 Å². The zero-order chi connectivity index (χ0) is 14.1. The fourth-order valence-corrected chi connectivity index (χ4v) is 3.35. The number of nitrogens with zero attached hydrogens (tertiary/aromatic N) is 2. The molecular formula is C14H11Cl2N3S. The standard InChI is InChI=1S/C14H11Cl2N3S/c1-8(10-3-2-9(15)6-12(10)16)19-13-11-4-5-20-14(11)18-7-17-13/h2-8H,1H3,(H,17,18,19)/t8-/m0/s1. The number of anilines is 1. The summed E-state index contributed by atoms with van der Waals surface area (Å²) in [5, 5.41) is 7.68. The molecule has 0 aliphatic rings. The molecule has 0 radical (unpaired) electrons. The monoisotopic (exact) mass is 323 g/mol. The Labute approximate surface area is 130 Å². The predicted octanol–water partition coefficient (Wildman–Crippen LogP) is 5.17. The van der Waals surface area contributed by atoms with Crippen molar-refractivity contribution < 1.29 is 0 Å². The van der Waals surface area contributed by atoms with Crippen LogP contribution in [-0.4, -0.2) is 9.97 Å². The largest absolute Gasteiger partial charge is 0.363 e. The van der Waals surface area contributed by atoms with Crippen LogP contribution in [0.4, 0.5) is 5.82 Å². The van der Waals surface area contributed by atoms with Gasteiger partial charge in [0, 0.05) is 10.0 Å². The van der Waals surface area contributed by atoms with Gasteiger partial charge >= 0.3 is 0 Å². The SMILES string of the molecule is C[C@H](Nc1ncnc2sccc12)c1ccc(Cl)cc1Cl. The lowest BCUT2D eigenvalue weighted by Gasteiger charge is -2.16. The summed E-state index contributed by atoms with van der Waals surface area (Å²) in [6.45, 7) is 2.04. The Kier molecular flexibility index (Phi) is 3.78. The molecule has 2 heterocycles. The Morgan fingerprint density at radius 3 is 2.85 bits per heavy atom. The van der Waals surface area contributed by atoms with Crippen molar-refractivity contribution in [2.24, 2.45) is 0 Å². The minimum atomic E-state index is 0.0257. The van der Waals surface area contributed by atoms with Gasteiger partial charge in [0.15, 0.2) is 0 Å². The highest BCUT2D eigenvalue weighted by Gasteiger charge is 2.12. The third-order valence-corrected chi connectivity index (χ3v) is 4.43. The zero-order valence-electron chi connectivity index (χ0n) is 10.6. The molecule has 102 valence electrons. The van der Waals surface area contributed by atoms with Gasteiger partial charge in [-0.25, -0.2) is 9.97 Å². The Bertz CT molecular complexity index is 757. The molecule has 3 aromatic rings. The van der Waals surface area contributed by atoms with Crippen molar-refractivity contribution >= 4 is 50.6 Å². The number of thiophene rings is 1. The number of nitrogens with one attached hydrogen (secondary N) is 1. The van der Waals surface area contributed by atoms with Gasteiger partial charge in [-0.2, -0.15) is 0 Å². The average Bonchev–Trinajstić information content (AvgIpc) is 2.87. The number of rotatable bonds is 3. The van der Waals surface area contributed by atoms with E-state index >= 15 is 0 Å². The molecule has 20 heavy (non-hydrogen) atoms. The quantitative estimate of drug-likeness (QED) is 0.722. The first-order valence-electron chi connectivity index (χ1n) is 6.05. The Morgan fingerprint density at radius 2 is 2.05 bits per heavy atom. The van der Waals surface area contributed by atoms with Gasteiger partial charge in [0.2, 0.25) is 0 Å². The second-order valence-electron chi connectivity index (χ2n) is 4.39. The van der Waals surface area contributed by atoms with Gasteiger partial charge in [-0.15, -0.1) is 11.3 Å². The first-order chi connectivity index (χ1) is 9.65. The maximum absolute atomic E-state index is 6.23. The summed E-state index contributed by atoms with van der Waals surface area (Å²) < 4.78 is 0. The van der Waals surface area contributed by atoms with Crippen molar-refractivity contribution in [1.29, 1.82) is 0 Å². The molecule has 1 aromatic carbocycles. The van der Waals surface area contributed by atoms with Crippen LogP contribution >= 0.6 is 34.5 Å². The number of hydrogen-bond donors (Lipinski definition) is 1. The number of hydrogen-bond acceptors (Lipinski definition) is 4. The maximum atomic E-state index is 6.23. The summed E-state index contributed by atoms with van der Waals surface area (Å²) in [4.78, 5) is 9.51. The van der Waals surface area contributed by atoms with E-state index in [1.807, 2.05) is 30.5 Å². The molecule has 0 spiro atoms. The number of aromatic nitrogens is 2. The smallest absolute Gasteiger partial charge is 0.138 e. The summed E-state index contributed by atoms with van der Waals surface area (Å²) in [5.41, 5.74) is 0.984. The van der Waals surface area contributed by atoms with E-state index < -0.39 is 0 Å². The number of fused-ring (bicyclic) bond motifs is 1. The molecule has 0 saturated heterocycles. The van der Waals surface area contributed by atoms with E-state index in [4.69, 9.17) is 23.2 Å². The van der Waals surface area contributed by atoms with Gasteiger partial charge in [-0.3, -0.25) is 0 Å². The molecule has 0 aliphatic carbocycles. The van der Waals surface area contributed by atoms with Crippen molar-refractivity contribution in [3.05, 3.63) is 51.6 Å². The van der Waals surface area contributed by atoms with Crippen LogP contribution in [0.15, 0.2) is 36.0 Å². The minimum Gasteiger partial charge on any atom is -0.363 e. The highest BCUT2D eigenvalue weighted by atomic mass is 35.5. The van der Waals surface area contributed by atoms with Crippen molar-refractivity contribution in [2.75, 3.05) is 5.32 Å². The highest BCUT2D eigenvalue weighted by Crippen LogP contribution is 2.30. The summed E-state index contributed by atoms with van der Waals surface area (Å²) >= 11 is 13.7. The molecule has 3 rings (SSSR count). The normalized spacial score (nSPS) is 12.6. The third kappa shape index (κ3) is 2.59. The van der Waals surface area contributed by atoms with Crippen molar-refractivity contribution in [2.45, 2.75) is 13.0 Å². The molecule has 0 bridgehead atoms. The number of halogens is 2. The van der Waals surface area contributed by atoms with Crippen molar-refractivity contribution in [3.63, 3.8) is 0 Å². The fraction of sp³-hybridized carbons (Fsp3) is 0.143. The molecule has 0 amide bonds. The van der Waals surface area contributed by atoms with Gasteiger partial charge in [0.05, 0.1) is 11.4 Å². The molecule has 2 aromatic heterocycles. The molecule has 0 aliphatic heterocycles. The van der Waals surface area contributed by atoms with Crippen LogP contribution in [0.25, 0.3) is 10.2 Å². The molecule has 1 N–H and O–H groups in total. The van der Waals surface area contributed by atoms with Crippen LogP contribution in [0.5, 0.6) is 0 Å². The molecule has 6 heteroatoms. The highest BCUT2D eigenvalue weighted by molar-refractivity contribution is 7.16. The number of benzene rings is 1. The second-order valence-corrected chi connectivity index (χ2v) is 6.13. The summed E-state index contributed by atoms with van der Waals surface area (Å²) in [6.07, 6.45) is 1.57. The summed E-state index contributed by atoms with van der Waals surface area (Å²) in [6, 6.07) is 7.54. The molecule has 1 atom stereocenters. The zero-order valence-corrected chi connectivity index (χ0v) is 12.9. The van der Waals surface area contributed by atoms with Gasteiger partial charge in [0.25, 0.3) is 0 Å². The third-order valence-electron chi connectivity index (χ3n) is 3.04. The fourth-order valence-electron chi connectivity index (χ4n) is 2.04. The van der Waals surface area contributed by atoms with E-state index in [-0.39, 0.29) is 6.04 Å². The lowest BCUT2D eigenvalue weighted by atomic mass is 10.1. The molecule has 0 saturated carbocycles. The first kappa shape index (κ1) is 13.6. The van der Waals surface area contributed by atoms with Crippen molar-refractivity contribution in [1.82, 2.24) is 9.97 Å². The lowest BCUT2D eigenvalue weighted by Crippen LogP contribution is -2.08. The predicted molar refractivity (Wildman–Crippen MR) is 85.9 cm³/mol. The van der Waals surface area contributed by atoms with Crippen LogP contribution in [0.2, 0.25) is 10.0 Å². The van der Waals surface area contributed by atoms with Crippen LogP contribution in [-0.2, 0) is 0 Å². The molecule has 0 fully saturated rings. The molecular weight excluding hydrogens is 313 g/mol. The van der Waals surface area contributed by atoms with Gasteiger partial charge in [-0.05, 0) is 36.1 Å². The van der Waals surface area contributed by atoms with E-state index in [1.165, 1.54) is 0 Å². The van der Waals surface area contributed by atoms with Crippen LogP contribution in [0, 0.1) is 0 Å².